The third-order valence-electron chi connectivity index (χ3n) is 7.01. The molecule has 7 heteroatoms. The molecule has 2 atom stereocenters. The molecule has 7 nitrogen and oxygen atoms in total. The van der Waals surface area contributed by atoms with Gasteiger partial charge in [0.05, 0.1) is 6.20 Å². The second kappa shape index (κ2) is 9.29. The smallest absolute Gasteiger partial charge is 0.251 e. The lowest BCUT2D eigenvalue weighted by molar-refractivity contribution is -0.122. The van der Waals surface area contributed by atoms with Gasteiger partial charge in [-0.05, 0) is 94.3 Å². The van der Waals surface area contributed by atoms with Crippen LogP contribution in [0.15, 0.2) is 42.6 Å². The average Bonchev–Trinajstić information content (AvgIpc) is 3.56. The molecule has 2 aliphatic rings. The molecule has 35 heavy (non-hydrogen) atoms. The van der Waals surface area contributed by atoms with Crippen molar-refractivity contribution in [1.29, 1.82) is 0 Å². The number of amides is 2. The van der Waals surface area contributed by atoms with Crippen LogP contribution < -0.4 is 15.5 Å². The molecule has 2 fully saturated rings. The van der Waals surface area contributed by atoms with Gasteiger partial charge < -0.3 is 15.5 Å². The van der Waals surface area contributed by atoms with E-state index in [0.29, 0.717) is 11.6 Å². The Kier molecular flexibility index (Phi) is 6.17. The van der Waals surface area contributed by atoms with E-state index in [1.165, 1.54) is 0 Å². The fourth-order valence-electron chi connectivity index (χ4n) is 4.98. The van der Waals surface area contributed by atoms with Crippen molar-refractivity contribution in [3.05, 3.63) is 53.7 Å². The van der Waals surface area contributed by atoms with Gasteiger partial charge in [-0.15, -0.1) is 5.10 Å². The molecule has 1 saturated heterocycles. The summed E-state index contributed by atoms with van der Waals surface area (Å²) in [6.07, 6.45) is 5.62. The van der Waals surface area contributed by atoms with Crippen LogP contribution in [-0.4, -0.2) is 46.2 Å². The van der Waals surface area contributed by atoms with E-state index in [4.69, 9.17) is 0 Å². The molecule has 2 amide bonds. The predicted molar refractivity (Wildman–Crippen MR) is 138 cm³/mol. The Morgan fingerprint density at radius 1 is 1.06 bits per heavy atom. The molecule has 2 N–H and O–H groups in total. The highest BCUT2D eigenvalue weighted by molar-refractivity contribution is 5.99. The van der Waals surface area contributed by atoms with Gasteiger partial charge in [0.1, 0.15) is 6.04 Å². The van der Waals surface area contributed by atoms with Gasteiger partial charge in [0.15, 0.2) is 5.82 Å². The van der Waals surface area contributed by atoms with E-state index in [0.717, 1.165) is 59.0 Å². The number of hydrogen-bond acceptors (Lipinski definition) is 5. The van der Waals surface area contributed by atoms with Gasteiger partial charge >= 0.3 is 0 Å². The SMILES string of the molecule is Cc1ccc(C(=O)NC2CC2)cc1-c1ccc2c(N3C(C)CCC3C(=O)NC(C)C)nncc2c1. The fraction of sp³-hybridized carbons (Fsp3) is 0.429. The summed E-state index contributed by atoms with van der Waals surface area (Å²) >= 11 is 0. The van der Waals surface area contributed by atoms with E-state index < -0.39 is 0 Å². The Labute approximate surface area is 206 Å². The summed E-state index contributed by atoms with van der Waals surface area (Å²) in [5.41, 5.74) is 3.83. The van der Waals surface area contributed by atoms with Crippen molar-refractivity contribution in [2.45, 2.75) is 77.5 Å². The maximum Gasteiger partial charge on any atom is 0.251 e. The van der Waals surface area contributed by atoms with E-state index in [1.54, 1.807) is 6.20 Å². The topological polar surface area (TPSA) is 87.2 Å². The van der Waals surface area contributed by atoms with Gasteiger partial charge in [0.25, 0.3) is 5.91 Å². The van der Waals surface area contributed by atoms with Crippen molar-refractivity contribution in [3.8, 4) is 11.1 Å². The molecule has 1 aliphatic carbocycles. The number of carbonyl (C=O) groups excluding carboxylic acids is 2. The summed E-state index contributed by atoms with van der Waals surface area (Å²) in [5, 5.41) is 16.8. The number of hydrogen-bond donors (Lipinski definition) is 2. The first-order chi connectivity index (χ1) is 16.8. The Bertz CT molecular complexity index is 1280. The van der Waals surface area contributed by atoms with Crippen LogP contribution in [0, 0.1) is 6.92 Å². The van der Waals surface area contributed by atoms with Gasteiger partial charge in [-0.1, -0.05) is 12.1 Å². The minimum absolute atomic E-state index is 0.0172. The van der Waals surface area contributed by atoms with Crippen LogP contribution >= 0.6 is 0 Å². The highest BCUT2D eigenvalue weighted by atomic mass is 16.2. The van der Waals surface area contributed by atoms with Crippen LogP contribution in [-0.2, 0) is 4.79 Å². The molecular formula is C28H33N5O2. The maximum atomic E-state index is 12.9. The Hall–Kier alpha value is -3.48. The van der Waals surface area contributed by atoms with Crippen molar-refractivity contribution in [2.24, 2.45) is 0 Å². The highest BCUT2D eigenvalue weighted by Gasteiger charge is 2.37. The monoisotopic (exact) mass is 471 g/mol. The van der Waals surface area contributed by atoms with Gasteiger partial charge in [0.2, 0.25) is 5.91 Å². The number of benzene rings is 2. The van der Waals surface area contributed by atoms with E-state index in [-0.39, 0.29) is 29.9 Å². The first-order valence-corrected chi connectivity index (χ1v) is 12.6. The molecule has 3 aromatic rings. The van der Waals surface area contributed by atoms with Crippen LogP contribution in [0.4, 0.5) is 5.82 Å². The Morgan fingerprint density at radius 2 is 1.86 bits per heavy atom. The van der Waals surface area contributed by atoms with Crippen LogP contribution in [0.25, 0.3) is 21.9 Å². The first kappa shape index (κ1) is 23.3. The summed E-state index contributed by atoms with van der Waals surface area (Å²) in [4.78, 5) is 27.7. The number of rotatable bonds is 6. The third kappa shape index (κ3) is 4.72. The van der Waals surface area contributed by atoms with Gasteiger partial charge in [-0.3, -0.25) is 9.59 Å². The van der Waals surface area contributed by atoms with Crippen LogP contribution in [0.5, 0.6) is 0 Å². The molecule has 182 valence electrons. The molecule has 2 heterocycles. The number of aromatic nitrogens is 2. The quantitative estimate of drug-likeness (QED) is 0.557. The van der Waals surface area contributed by atoms with Gasteiger partial charge in [-0.25, -0.2) is 0 Å². The molecule has 1 aliphatic heterocycles. The zero-order valence-electron chi connectivity index (χ0n) is 20.8. The highest BCUT2D eigenvalue weighted by Crippen LogP contribution is 2.36. The first-order valence-electron chi connectivity index (χ1n) is 12.6. The zero-order chi connectivity index (χ0) is 24.7. The van der Waals surface area contributed by atoms with Gasteiger partial charge in [0, 0.05) is 34.5 Å². The Morgan fingerprint density at radius 3 is 2.60 bits per heavy atom. The number of anilines is 1. The van der Waals surface area contributed by atoms with Crippen molar-refractivity contribution >= 4 is 28.4 Å². The van der Waals surface area contributed by atoms with Gasteiger partial charge in [-0.2, -0.15) is 5.10 Å². The van der Waals surface area contributed by atoms with E-state index in [9.17, 15) is 9.59 Å². The lowest BCUT2D eigenvalue weighted by Gasteiger charge is -2.30. The van der Waals surface area contributed by atoms with E-state index in [2.05, 4.69) is 57.8 Å². The molecule has 0 spiro atoms. The normalized spacial score (nSPS) is 19.9. The summed E-state index contributed by atoms with van der Waals surface area (Å²) in [5.74, 6) is 0.769. The molecule has 2 unspecified atom stereocenters. The van der Waals surface area contributed by atoms with Crippen molar-refractivity contribution in [1.82, 2.24) is 20.8 Å². The van der Waals surface area contributed by atoms with Crippen LogP contribution in [0.2, 0.25) is 0 Å². The molecule has 0 radical (unpaired) electrons. The summed E-state index contributed by atoms with van der Waals surface area (Å²) in [6.45, 7) is 8.15. The number of carbonyl (C=O) groups is 2. The minimum Gasteiger partial charge on any atom is -0.352 e. The summed E-state index contributed by atoms with van der Waals surface area (Å²) < 4.78 is 0. The summed E-state index contributed by atoms with van der Waals surface area (Å²) in [6, 6.07) is 12.4. The van der Waals surface area contributed by atoms with E-state index >= 15 is 0 Å². The van der Waals surface area contributed by atoms with Crippen molar-refractivity contribution in [2.75, 3.05) is 4.90 Å². The lowest BCUT2D eigenvalue weighted by atomic mass is 9.96. The molecule has 5 rings (SSSR count). The second-order valence-corrected chi connectivity index (χ2v) is 10.3. The standard InChI is InChI=1S/C28H33N5O2/c1-16(2)30-28(35)25-12-6-18(4)33(25)26-23-11-8-19(13-21(23)15-29-32-26)24-14-20(7-5-17(24)3)27(34)31-22-9-10-22/h5,7-8,11,13-16,18,22,25H,6,9-10,12H2,1-4H3,(H,30,35)(H,31,34). The molecule has 1 saturated carbocycles. The predicted octanol–water partition coefficient (Wildman–Crippen LogP) is 4.38. The molecule has 2 aromatic carbocycles. The van der Waals surface area contributed by atoms with Crippen molar-refractivity contribution in [3.63, 3.8) is 0 Å². The maximum absolute atomic E-state index is 12.9. The van der Waals surface area contributed by atoms with Crippen LogP contribution in [0.1, 0.15) is 62.4 Å². The molecule has 1 aromatic heterocycles. The molecular weight excluding hydrogens is 438 g/mol. The number of nitrogens with one attached hydrogen (secondary N) is 2. The molecule has 0 bridgehead atoms. The summed E-state index contributed by atoms with van der Waals surface area (Å²) in [7, 11) is 0. The Balaban J connectivity index is 1.50. The fourth-order valence-corrected chi connectivity index (χ4v) is 4.98. The zero-order valence-corrected chi connectivity index (χ0v) is 20.8. The average molecular weight is 472 g/mol. The third-order valence-corrected chi connectivity index (χ3v) is 7.01. The number of aryl methyl sites for hydroxylation is 1. The minimum atomic E-state index is -0.254. The van der Waals surface area contributed by atoms with Crippen molar-refractivity contribution < 1.29 is 9.59 Å². The lowest BCUT2D eigenvalue weighted by Crippen LogP contribution is -2.47. The number of nitrogens with zero attached hydrogens (tertiary/aromatic N) is 3. The van der Waals surface area contributed by atoms with E-state index in [1.807, 2.05) is 32.0 Å². The number of fused-ring (bicyclic) bond motifs is 1. The largest absolute Gasteiger partial charge is 0.352 e. The second-order valence-electron chi connectivity index (χ2n) is 10.3. The van der Waals surface area contributed by atoms with Crippen LogP contribution in [0.3, 0.4) is 0 Å².